The summed E-state index contributed by atoms with van der Waals surface area (Å²) in [4.78, 5) is 52.4. The molecular formula is C24H35N3O7S. The first-order chi connectivity index (χ1) is 16.5. The molecule has 3 N–H and O–H groups in total. The zero-order chi connectivity index (χ0) is 26.2. The summed E-state index contributed by atoms with van der Waals surface area (Å²) >= 11 is 4.24. The number of amides is 3. The molecule has 1 saturated carbocycles. The lowest BCUT2D eigenvalue weighted by Gasteiger charge is -2.34. The zero-order valence-corrected chi connectivity index (χ0v) is 21.5. The molecule has 1 fully saturated rings. The molecular weight excluding hydrogens is 474 g/mol. The van der Waals surface area contributed by atoms with Crippen LogP contribution in [0.3, 0.4) is 0 Å². The molecule has 2 unspecified atom stereocenters. The minimum Gasteiger partial charge on any atom is -0.508 e. The highest BCUT2D eigenvalue weighted by molar-refractivity contribution is 7.80. The van der Waals surface area contributed by atoms with E-state index in [4.69, 9.17) is 9.47 Å². The number of carbonyl (C=O) groups is 4. The van der Waals surface area contributed by atoms with Gasteiger partial charge in [-0.3, -0.25) is 14.4 Å². The Balaban J connectivity index is 2.28. The van der Waals surface area contributed by atoms with Crippen LogP contribution in [0.2, 0.25) is 0 Å². The molecule has 10 nitrogen and oxygen atoms in total. The van der Waals surface area contributed by atoms with Gasteiger partial charge in [0.05, 0.1) is 13.0 Å². The molecule has 3 amide bonds. The van der Waals surface area contributed by atoms with Gasteiger partial charge in [-0.2, -0.15) is 12.6 Å². The molecule has 1 aliphatic rings. The molecule has 0 heterocycles. The first kappa shape index (κ1) is 28.3. The third kappa shape index (κ3) is 8.97. The minimum atomic E-state index is -1.04. The maximum Gasteiger partial charge on any atom is 0.408 e. The fraction of sp³-hybridized carbons (Fsp3) is 0.583. The Morgan fingerprint density at radius 3 is 2.31 bits per heavy atom. The van der Waals surface area contributed by atoms with Crippen LogP contribution in [0.15, 0.2) is 24.3 Å². The number of ether oxygens (including phenoxy) is 2. The van der Waals surface area contributed by atoms with Crippen LogP contribution in [0.4, 0.5) is 4.79 Å². The number of rotatable bonds is 11. The Morgan fingerprint density at radius 1 is 1.17 bits per heavy atom. The average Bonchev–Trinajstić information content (AvgIpc) is 3.60. The lowest BCUT2D eigenvalue weighted by Crippen LogP contribution is -2.54. The van der Waals surface area contributed by atoms with E-state index >= 15 is 0 Å². The zero-order valence-electron chi connectivity index (χ0n) is 20.6. The monoisotopic (exact) mass is 509 g/mol. The number of esters is 1. The van der Waals surface area contributed by atoms with Crippen molar-refractivity contribution in [3.8, 4) is 5.75 Å². The lowest BCUT2D eigenvalue weighted by atomic mass is 10.0. The fourth-order valence-corrected chi connectivity index (χ4v) is 3.65. The second-order valence-corrected chi connectivity index (χ2v) is 9.56. The minimum absolute atomic E-state index is 0.00588. The SMILES string of the molecule is CCOC(=O)CCNC(=O)C(c1ccc(O)cc1)N(C(=O)C(CS)NC(=O)OC(C)(C)C)C1CC1. The van der Waals surface area contributed by atoms with Crippen molar-refractivity contribution in [1.29, 1.82) is 0 Å². The van der Waals surface area contributed by atoms with Gasteiger partial charge in [-0.25, -0.2) is 4.79 Å². The molecule has 1 aromatic carbocycles. The number of aromatic hydroxyl groups is 1. The first-order valence-corrected chi connectivity index (χ1v) is 12.2. The third-order valence-corrected chi connectivity index (χ3v) is 5.40. The summed E-state index contributed by atoms with van der Waals surface area (Å²) in [5.74, 6) is -1.41. The summed E-state index contributed by atoms with van der Waals surface area (Å²) in [6.07, 6.45) is 0.615. The van der Waals surface area contributed by atoms with Crippen LogP contribution in [0, 0.1) is 0 Å². The highest BCUT2D eigenvalue weighted by atomic mass is 32.1. The second kappa shape index (κ2) is 12.7. The van der Waals surface area contributed by atoms with Crippen LogP contribution in [0.5, 0.6) is 5.75 Å². The smallest absolute Gasteiger partial charge is 0.408 e. The fourth-order valence-electron chi connectivity index (χ4n) is 3.40. The summed E-state index contributed by atoms with van der Waals surface area (Å²) < 4.78 is 10.2. The lowest BCUT2D eigenvalue weighted by molar-refractivity contribution is -0.144. The normalized spacial score (nSPS) is 14.9. The van der Waals surface area contributed by atoms with E-state index in [2.05, 4.69) is 23.3 Å². The molecule has 0 saturated heterocycles. The Labute approximate surface area is 211 Å². The van der Waals surface area contributed by atoms with E-state index in [0.717, 1.165) is 0 Å². The number of phenolic OH excluding ortho intramolecular Hbond substituents is 1. The van der Waals surface area contributed by atoms with Crippen molar-refractivity contribution in [1.82, 2.24) is 15.5 Å². The quantitative estimate of drug-likeness (QED) is 0.266. The molecule has 0 bridgehead atoms. The number of alkyl carbamates (subject to hydrolysis) is 1. The number of hydrogen-bond donors (Lipinski definition) is 4. The van der Waals surface area contributed by atoms with Gasteiger partial charge in [0, 0.05) is 18.3 Å². The topological polar surface area (TPSA) is 134 Å². The summed E-state index contributed by atoms with van der Waals surface area (Å²) in [5, 5.41) is 15.0. The van der Waals surface area contributed by atoms with Crippen LogP contribution in [-0.2, 0) is 23.9 Å². The van der Waals surface area contributed by atoms with E-state index in [1.807, 2.05) is 0 Å². The number of thiol groups is 1. The van der Waals surface area contributed by atoms with Gasteiger partial charge < -0.3 is 30.1 Å². The first-order valence-electron chi connectivity index (χ1n) is 11.6. The van der Waals surface area contributed by atoms with Crippen molar-refractivity contribution in [2.75, 3.05) is 18.9 Å². The van der Waals surface area contributed by atoms with Gasteiger partial charge in [-0.1, -0.05) is 12.1 Å². The molecule has 11 heteroatoms. The number of hydrogen-bond acceptors (Lipinski definition) is 8. The van der Waals surface area contributed by atoms with Gasteiger partial charge in [0.1, 0.15) is 23.4 Å². The predicted octanol–water partition coefficient (Wildman–Crippen LogP) is 2.32. The van der Waals surface area contributed by atoms with Gasteiger partial charge in [0.25, 0.3) is 0 Å². The van der Waals surface area contributed by atoms with E-state index in [9.17, 15) is 24.3 Å². The molecule has 1 aliphatic carbocycles. The maximum atomic E-state index is 13.6. The highest BCUT2D eigenvalue weighted by Gasteiger charge is 2.43. The molecule has 0 spiro atoms. The number of nitrogens with zero attached hydrogens (tertiary/aromatic N) is 1. The molecule has 1 aromatic rings. The van der Waals surface area contributed by atoms with Crippen molar-refractivity contribution in [3.63, 3.8) is 0 Å². The van der Waals surface area contributed by atoms with Gasteiger partial charge in [0.2, 0.25) is 11.8 Å². The summed E-state index contributed by atoms with van der Waals surface area (Å²) in [7, 11) is 0. The predicted molar refractivity (Wildman–Crippen MR) is 132 cm³/mol. The van der Waals surface area contributed by atoms with Gasteiger partial charge in [0.15, 0.2) is 0 Å². The molecule has 0 aromatic heterocycles. The van der Waals surface area contributed by atoms with Crippen LogP contribution < -0.4 is 10.6 Å². The van der Waals surface area contributed by atoms with Crippen molar-refractivity contribution in [2.24, 2.45) is 0 Å². The summed E-state index contributed by atoms with van der Waals surface area (Å²) in [5.41, 5.74) is -0.274. The Bertz CT molecular complexity index is 897. The molecule has 2 rings (SSSR count). The van der Waals surface area contributed by atoms with Crippen molar-refractivity contribution >= 4 is 36.5 Å². The maximum absolute atomic E-state index is 13.6. The van der Waals surface area contributed by atoms with Crippen molar-refractivity contribution < 1.29 is 33.8 Å². The van der Waals surface area contributed by atoms with Crippen LogP contribution >= 0.6 is 12.6 Å². The van der Waals surface area contributed by atoms with E-state index in [0.29, 0.717) is 18.4 Å². The van der Waals surface area contributed by atoms with Crippen LogP contribution in [0.1, 0.15) is 58.6 Å². The molecule has 0 aliphatic heterocycles. The summed E-state index contributed by atoms with van der Waals surface area (Å²) in [6, 6.07) is 3.70. The van der Waals surface area contributed by atoms with E-state index in [1.165, 1.54) is 17.0 Å². The number of carbonyl (C=O) groups excluding carboxylic acids is 4. The van der Waals surface area contributed by atoms with Crippen molar-refractivity contribution in [3.05, 3.63) is 29.8 Å². The van der Waals surface area contributed by atoms with Crippen LogP contribution in [0.25, 0.3) is 0 Å². The van der Waals surface area contributed by atoms with Crippen molar-refractivity contribution in [2.45, 2.75) is 70.7 Å². The Hall–Kier alpha value is -2.95. The number of phenols is 1. The Kier molecular flexibility index (Phi) is 10.2. The van der Waals surface area contributed by atoms with Crippen LogP contribution in [-0.4, -0.2) is 70.5 Å². The van der Waals surface area contributed by atoms with Gasteiger partial charge in [-0.15, -0.1) is 0 Å². The second-order valence-electron chi connectivity index (χ2n) is 9.20. The number of nitrogens with one attached hydrogen (secondary N) is 2. The molecule has 194 valence electrons. The van der Waals surface area contributed by atoms with E-state index < -0.39 is 41.6 Å². The number of benzene rings is 1. The van der Waals surface area contributed by atoms with Gasteiger partial charge in [-0.05, 0) is 58.2 Å². The molecule has 0 radical (unpaired) electrons. The Morgan fingerprint density at radius 2 is 1.80 bits per heavy atom. The summed E-state index contributed by atoms with van der Waals surface area (Å²) in [6.45, 7) is 7.10. The van der Waals surface area contributed by atoms with E-state index in [1.54, 1.807) is 39.8 Å². The standard InChI is InChI=1S/C24H35N3O7S/c1-5-33-19(29)12-13-25-21(30)20(15-6-10-17(28)11-7-15)27(16-8-9-16)22(31)18(14-35)26-23(32)34-24(2,3)4/h6-7,10-11,16,18,20,28,35H,5,8-9,12-14H2,1-4H3,(H,25,30)(H,26,32). The average molecular weight is 510 g/mol. The molecule has 35 heavy (non-hydrogen) atoms. The largest absolute Gasteiger partial charge is 0.508 e. The third-order valence-electron chi connectivity index (χ3n) is 5.04. The highest BCUT2D eigenvalue weighted by Crippen LogP contribution is 2.36. The van der Waals surface area contributed by atoms with Gasteiger partial charge >= 0.3 is 12.1 Å². The molecule has 2 atom stereocenters. The van der Waals surface area contributed by atoms with E-state index in [-0.39, 0.29) is 37.1 Å².